The number of hydrogen-bond donors (Lipinski definition) is 2. The van der Waals surface area contributed by atoms with Crippen molar-refractivity contribution < 1.29 is 13.2 Å². The molecule has 1 aliphatic rings. The molecule has 3 rings (SSSR count). The summed E-state index contributed by atoms with van der Waals surface area (Å²) in [6.07, 6.45) is 3.70. The number of nitrogens with one attached hydrogen (secondary N) is 2. The highest BCUT2D eigenvalue weighted by atomic mass is 32.2. The Labute approximate surface area is 167 Å². The predicted octanol–water partition coefficient (Wildman–Crippen LogP) is 3.09. The summed E-state index contributed by atoms with van der Waals surface area (Å²) < 4.78 is 27.4. The molecule has 1 heterocycles. The normalized spacial score (nSPS) is 17.8. The van der Waals surface area contributed by atoms with Crippen molar-refractivity contribution in [3.8, 4) is 0 Å². The topological polar surface area (TPSA) is 78.5 Å². The molecule has 150 valence electrons. The monoisotopic (exact) mass is 401 g/mol. The third kappa shape index (κ3) is 5.33. The number of amides is 1. The van der Waals surface area contributed by atoms with Gasteiger partial charge < -0.3 is 5.32 Å². The Morgan fingerprint density at radius 2 is 1.79 bits per heavy atom. The van der Waals surface area contributed by atoms with Crippen LogP contribution < -0.4 is 10.0 Å². The van der Waals surface area contributed by atoms with Crippen molar-refractivity contribution in [1.29, 1.82) is 0 Å². The van der Waals surface area contributed by atoms with Gasteiger partial charge in [-0.05, 0) is 62.7 Å². The van der Waals surface area contributed by atoms with Crippen LogP contribution in [0.4, 0.5) is 5.69 Å². The molecule has 1 amide bonds. The Hall–Kier alpha value is -2.38. The van der Waals surface area contributed by atoms with Gasteiger partial charge in [0.25, 0.3) is 15.9 Å². The second-order valence-electron chi connectivity index (χ2n) is 7.13. The second kappa shape index (κ2) is 9.21. The zero-order valence-electron chi connectivity index (χ0n) is 16.1. The lowest BCUT2D eigenvalue weighted by molar-refractivity contribution is 0.0938. The number of hydrogen-bond acceptors (Lipinski definition) is 4. The van der Waals surface area contributed by atoms with Gasteiger partial charge in [0.1, 0.15) is 0 Å². The van der Waals surface area contributed by atoms with Crippen LogP contribution in [0.25, 0.3) is 0 Å². The number of piperidine rings is 1. The maximum atomic E-state index is 12.4. The molecular weight excluding hydrogens is 374 g/mol. The zero-order valence-corrected chi connectivity index (χ0v) is 16.9. The molecule has 1 saturated heterocycles. The lowest BCUT2D eigenvalue weighted by atomic mass is 10.0. The van der Waals surface area contributed by atoms with Crippen LogP contribution in [0.3, 0.4) is 0 Å². The van der Waals surface area contributed by atoms with E-state index in [0.717, 1.165) is 13.1 Å². The molecule has 0 bridgehead atoms. The van der Waals surface area contributed by atoms with Gasteiger partial charge in [-0.2, -0.15) is 0 Å². The first-order valence-electron chi connectivity index (χ1n) is 9.66. The average Bonchev–Trinajstić information content (AvgIpc) is 2.70. The van der Waals surface area contributed by atoms with Crippen LogP contribution in [0.5, 0.6) is 0 Å². The number of anilines is 1. The number of carbonyl (C=O) groups is 1. The number of rotatable bonds is 7. The maximum Gasteiger partial charge on any atom is 0.261 e. The summed E-state index contributed by atoms with van der Waals surface area (Å²) in [5.74, 6) is -0.190. The number of sulfonamides is 1. The van der Waals surface area contributed by atoms with Crippen LogP contribution in [0.15, 0.2) is 59.5 Å². The van der Waals surface area contributed by atoms with Crippen molar-refractivity contribution in [1.82, 2.24) is 10.2 Å². The van der Waals surface area contributed by atoms with Crippen molar-refractivity contribution in [3.05, 3.63) is 60.2 Å². The molecule has 1 aliphatic heterocycles. The van der Waals surface area contributed by atoms with Gasteiger partial charge >= 0.3 is 0 Å². The molecule has 2 N–H and O–H groups in total. The van der Waals surface area contributed by atoms with E-state index in [1.165, 1.54) is 31.4 Å². The van der Waals surface area contributed by atoms with Gasteiger partial charge in [0.05, 0.1) is 4.90 Å². The third-order valence-corrected chi connectivity index (χ3v) is 6.48. The number of carbonyl (C=O) groups excluding carboxylic acids is 1. The van der Waals surface area contributed by atoms with Gasteiger partial charge in [-0.3, -0.25) is 14.4 Å². The van der Waals surface area contributed by atoms with Gasteiger partial charge in [-0.1, -0.05) is 24.6 Å². The zero-order chi connectivity index (χ0) is 20.0. The van der Waals surface area contributed by atoms with E-state index < -0.39 is 10.0 Å². The first-order valence-corrected chi connectivity index (χ1v) is 11.1. The lowest BCUT2D eigenvalue weighted by Gasteiger charge is -2.33. The molecule has 0 saturated carbocycles. The van der Waals surface area contributed by atoms with Crippen LogP contribution >= 0.6 is 0 Å². The van der Waals surface area contributed by atoms with Gasteiger partial charge in [0, 0.05) is 30.4 Å². The smallest absolute Gasteiger partial charge is 0.261 e. The summed E-state index contributed by atoms with van der Waals surface area (Å²) in [5, 5.41) is 2.92. The summed E-state index contributed by atoms with van der Waals surface area (Å²) in [7, 11) is -3.68. The predicted molar refractivity (Wildman–Crippen MR) is 111 cm³/mol. The molecule has 28 heavy (non-hydrogen) atoms. The summed E-state index contributed by atoms with van der Waals surface area (Å²) in [4.78, 5) is 14.8. The molecule has 1 atom stereocenters. The molecule has 6 nitrogen and oxygen atoms in total. The number of benzene rings is 2. The van der Waals surface area contributed by atoms with Crippen molar-refractivity contribution in [2.45, 2.75) is 37.1 Å². The van der Waals surface area contributed by atoms with Gasteiger partial charge in [-0.15, -0.1) is 0 Å². The molecule has 0 spiro atoms. The third-order valence-electron chi connectivity index (χ3n) is 5.08. The minimum absolute atomic E-state index is 0.120. The van der Waals surface area contributed by atoms with E-state index >= 15 is 0 Å². The van der Waals surface area contributed by atoms with Crippen LogP contribution in [0, 0.1) is 0 Å². The average molecular weight is 402 g/mol. The molecule has 0 radical (unpaired) electrons. The Morgan fingerprint density at radius 3 is 2.46 bits per heavy atom. The highest BCUT2D eigenvalue weighted by molar-refractivity contribution is 7.92. The minimum atomic E-state index is -3.68. The van der Waals surface area contributed by atoms with E-state index in [1.54, 1.807) is 36.4 Å². The Balaban J connectivity index is 1.55. The molecule has 2 aromatic rings. The fourth-order valence-electron chi connectivity index (χ4n) is 3.41. The molecule has 0 aromatic heterocycles. The summed E-state index contributed by atoms with van der Waals surface area (Å²) in [6, 6.07) is 15.2. The van der Waals surface area contributed by atoms with E-state index in [4.69, 9.17) is 0 Å². The molecular formula is C21H27N3O3S. The Morgan fingerprint density at radius 1 is 1.07 bits per heavy atom. The summed E-state index contributed by atoms with van der Waals surface area (Å²) in [5.41, 5.74) is 0.946. The van der Waals surface area contributed by atoms with Crippen molar-refractivity contribution in [2.24, 2.45) is 0 Å². The second-order valence-corrected chi connectivity index (χ2v) is 8.81. The Bertz CT molecular complexity index is 883. The SMILES string of the molecule is CC1CCCCN1CCNC(=O)c1ccc(S(=O)(=O)Nc2ccccc2)cc1. The fourth-order valence-corrected chi connectivity index (χ4v) is 4.47. The molecule has 7 heteroatoms. The van der Waals surface area contributed by atoms with Crippen molar-refractivity contribution in [2.75, 3.05) is 24.4 Å². The first-order chi connectivity index (χ1) is 13.5. The van der Waals surface area contributed by atoms with Crippen LogP contribution in [-0.2, 0) is 10.0 Å². The Kier molecular flexibility index (Phi) is 6.70. The van der Waals surface area contributed by atoms with E-state index in [2.05, 4.69) is 21.9 Å². The van der Waals surface area contributed by atoms with Crippen LogP contribution in [0.2, 0.25) is 0 Å². The van der Waals surface area contributed by atoms with E-state index in [-0.39, 0.29) is 10.8 Å². The lowest BCUT2D eigenvalue weighted by Crippen LogP contribution is -2.42. The van der Waals surface area contributed by atoms with Gasteiger partial charge in [0.2, 0.25) is 0 Å². The highest BCUT2D eigenvalue weighted by Gasteiger charge is 2.18. The van der Waals surface area contributed by atoms with Crippen LogP contribution in [-0.4, -0.2) is 44.9 Å². The largest absolute Gasteiger partial charge is 0.351 e. The molecule has 1 unspecified atom stereocenters. The van der Waals surface area contributed by atoms with Gasteiger partial charge in [-0.25, -0.2) is 8.42 Å². The molecule has 2 aromatic carbocycles. The van der Waals surface area contributed by atoms with E-state index in [1.807, 2.05) is 6.07 Å². The number of likely N-dealkylation sites (tertiary alicyclic amines) is 1. The van der Waals surface area contributed by atoms with E-state index in [0.29, 0.717) is 23.8 Å². The van der Waals surface area contributed by atoms with Crippen molar-refractivity contribution in [3.63, 3.8) is 0 Å². The minimum Gasteiger partial charge on any atom is -0.351 e. The quantitative estimate of drug-likeness (QED) is 0.747. The van der Waals surface area contributed by atoms with Crippen LogP contribution in [0.1, 0.15) is 36.5 Å². The van der Waals surface area contributed by atoms with Crippen molar-refractivity contribution >= 4 is 21.6 Å². The number of para-hydroxylation sites is 1. The molecule has 1 fully saturated rings. The molecule has 0 aliphatic carbocycles. The maximum absolute atomic E-state index is 12.4. The summed E-state index contributed by atoms with van der Waals surface area (Å²) >= 11 is 0. The fraction of sp³-hybridized carbons (Fsp3) is 0.381. The number of nitrogens with zero attached hydrogens (tertiary/aromatic N) is 1. The van der Waals surface area contributed by atoms with E-state index in [9.17, 15) is 13.2 Å². The first kappa shape index (κ1) is 20.4. The van der Waals surface area contributed by atoms with Gasteiger partial charge in [0.15, 0.2) is 0 Å². The highest BCUT2D eigenvalue weighted by Crippen LogP contribution is 2.17. The standard InChI is InChI=1S/C21H27N3O3S/c1-17-7-5-6-15-24(17)16-14-22-21(25)18-10-12-20(13-11-18)28(26,27)23-19-8-3-2-4-9-19/h2-4,8-13,17,23H,5-7,14-16H2,1H3,(H,22,25). The summed E-state index contributed by atoms with van der Waals surface area (Å²) in [6.45, 7) is 4.72.